The van der Waals surface area contributed by atoms with Gasteiger partial charge in [-0.1, -0.05) is 13.8 Å². The summed E-state index contributed by atoms with van der Waals surface area (Å²) in [5, 5.41) is 3.34. The minimum Gasteiger partial charge on any atom is -0.358 e. The van der Waals surface area contributed by atoms with Gasteiger partial charge in [0.2, 0.25) is 0 Å². The zero-order chi connectivity index (χ0) is 15.2. The van der Waals surface area contributed by atoms with Gasteiger partial charge in [-0.3, -0.25) is 0 Å². The van der Waals surface area contributed by atoms with Crippen molar-refractivity contribution in [3.8, 4) is 0 Å². The van der Waals surface area contributed by atoms with Crippen molar-refractivity contribution >= 4 is 5.82 Å². The minimum atomic E-state index is -0.271. The molecule has 0 radical (unpaired) electrons. The average molecular weight is 294 g/mol. The van der Waals surface area contributed by atoms with Gasteiger partial charge in [-0.25, -0.2) is 9.37 Å². The number of rotatable bonds is 7. The van der Waals surface area contributed by atoms with Crippen LogP contribution in [0.2, 0.25) is 0 Å². The van der Waals surface area contributed by atoms with Crippen LogP contribution in [0.15, 0.2) is 12.3 Å². The van der Waals surface area contributed by atoms with Crippen LogP contribution >= 0.6 is 0 Å². The number of likely N-dealkylation sites (tertiary alicyclic amines) is 1. The van der Waals surface area contributed by atoms with E-state index in [1.54, 1.807) is 6.07 Å². The van der Waals surface area contributed by atoms with Crippen LogP contribution in [0.25, 0.3) is 0 Å². The molecule has 2 heterocycles. The summed E-state index contributed by atoms with van der Waals surface area (Å²) >= 11 is 0. The lowest BCUT2D eigenvalue weighted by Gasteiger charge is -2.24. The van der Waals surface area contributed by atoms with Gasteiger partial charge >= 0.3 is 0 Å². The van der Waals surface area contributed by atoms with Gasteiger partial charge in [0.1, 0.15) is 11.6 Å². The smallest absolute Gasteiger partial charge is 0.141 e. The number of halogens is 1. The molecule has 0 unspecified atom stereocenters. The van der Waals surface area contributed by atoms with Crippen LogP contribution in [-0.4, -0.2) is 49.2 Å². The number of hydrogen-bond acceptors (Lipinski definition) is 4. The molecule has 0 spiro atoms. The molecule has 1 saturated heterocycles. The minimum absolute atomic E-state index is 0.271. The van der Waals surface area contributed by atoms with E-state index in [1.165, 1.54) is 32.1 Å². The molecule has 5 heteroatoms. The highest BCUT2D eigenvalue weighted by Crippen LogP contribution is 2.18. The maximum Gasteiger partial charge on any atom is 0.141 e. The summed E-state index contributed by atoms with van der Waals surface area (Å²) in [5.41, 5.74) is 0.924. The van der Waals surface area contributed by atoms with Gasteiger partial charge in [0, 0.05) is 38.3 Å². The van der Waals surface area contributed by atoms with Crippen molar-refractivity contribution in [1.29, 1.82) is 0 Å². The molecule has 1 aromatic rings. The molecule has 21 heavy (non-hydrogen) atoms. The number of hydrogen-bond donors (Lipinski definition) is 1. The molecular weight excluding hydrogens is 267 g/mol. The first-order chi connectivity index (χ1) is 10.1. The molecule has 1 aliphatic rings. The number of nitrogens with one attached hydrogen (secondary N) is 1. The monoisotopic (exact) mass is 294 g/mol. The summed E-state index contributed by atoms with van der Waals surface area (Å²) in [6.07, 6.45) is 3.92. The lowest BCUT2D eigenvalue weighted by molar-refractivity contribution is 0.346. The number of pyridine rings is 1. The topological polar surface area (TPSA) is 31.4 Å². The highest BCUT2D eigenvalue weighted by molar-refractivity contribution is 5.46. The molecule has 2 rings (SSSR count). The summed E-state index contributed by atoms with van der Waals surface area (Å²) in [7, 11) is 2.04. The summed E-state index contributed by atoms with van der Waals surface area (Å²) < 4.78 is 13.4. The van der Waals surface area contributed by atoms with Crippen molar-refractivity contribution in [2.75, 3.05) is 38.1 Å². The predicted molar refractivity (Wildman–Crippen MR) is 85.1 cm³/mol. The van der Waals surface area contributed by atoms with Gasteiger partial charge < -0.3 is 15.1 Å². The molecule has 0 aromatic carbocycles. The quantitative estimate of drug-likeness (QED) is 0.836. The highest BCUT2D eigenvalue weighted by Gasteiger charge is 2.14. The summed E-state index contributed by atoms with van der Waals surface area (Å²) in [5.74, 6) is 0.607. The van der Waals surface area contributed by atoms with Crippen molar-refractivity contribution in [2.45, 2.75) is 39.3 Å². The third-order valence-corrected chi connectivity index (χ3v) is 3.92. The fraction of sp³-hybridized carbons (Fsp3) is 0.688. The van der Waals surface area contributed by atoms with Gasteiger partial charge in [0.25, 0.3) is 0 Å². The Kier molecular flexibility index (Phi) is 5.94. The molecule has 0 atom stereocenters. The Labute approximate surface area is 127 Å². The molecule has 0 amide bonds. The Morgan fingerprint density at radius 2 is 2.10 bits per heavy atom. The molecule has 0 aliphatic carbocycles. The third-order valence-electron chi connectivity index (χ3n) is 3.92. The van der Waals surface area contributed by atoms with E-state index in [0.29, 0.717) is 12.6 Å². The number of nitrogens with zero attached hydrogens (tertiary/aromatic N) is 3. The van der Waals surface area contributed by atoms with E-state index in [1.807, 2.05) is 7.05 Å². The van der Waals surface area contributed by atoms with Crippen LogP contribution in [0.4, 0.5) is 10.2 Å². The van der Waals surface area contributed by atoms with Gasteiger partial charge in [-0.15, -0.1) is 0 Å². The summed E-state index contributed by atoms with van der Waals surface area (Å²) in [6.45, 7) is 9.19. The Bertz CT molecular complexity index is 444. The lowest BCUT2D eigenvalue weighted by Crippen LogP contribution is -2.33. The van der Waals surface area contributed by atoms with E-state index >= 15 is 0 Å². The van der Waals surface area contributed by atoms with Crippen molar-refractivity contribution in [2.24, 2.45) is 0 Å². The molecule has 118 valence electrons. The number of aromatic nitrogens is 1. The molecule has 1 aromatic heterocycles. The second-order valence-corrected chi connectivity index (χ2v) is 6.14. The van der Waals surface area contributed by atoms with Crippen LogP contribution in [0.5, 0.6) is 0 Å². The maximum absolute atomic E-state index is 13.4. The first-order valence-corrected chi connectivity index (χ1v) is 7.87. The van der Waals surface area contributed by atoms with Gasteiger partial charge in [0.15, 0.2) is 0 Å². The number of anilines is 1. The second-order valence-electron chi connectivity index (χ2n) is 6.14. The van der Waals surface area contributed by atoms with Crippen molar-refractivity contribution in [3.63, 3.8) is 0 Å². The fourth-order valence-electron chi connectivity index (χ4n) is 2.67. The second kappa shape index (κ2) is 7.71. The van der Waals surface area contributed by atoms with E-state index in [9.17, 15) is 4.39 Å². The van der Waals surface area contributed by atoms with Crippen LogP contribution in [0.3, 0.4) is 0 Å². The molecule has 0 saturated carbocycles. The van der Waals surface area contributed by atoms with E-state index in [4.69, 9.17) is 0 Å². The Hall–Kier alpha value is -1.20. The van der Waals surface area contributed by atoms with Crippen molar-refractivity contribution in [3.05, 3.63) is 23.6 Å². The standard InChI is InChI=1S/C16H27FN4/c1-13(2)18-11-14-10-15(17)12-19-16(14)20(3)8-9-21-6-4-5-7-21/h10,12-13,18H,4-9,11H2,1-3H3. The van der Waals surface area contributed by atoms with Crippen molar-refractivity contribution < 1.29 is 4.39 Å². The van der Waals surface area contributed by atoms with Crippen molar-refractivity contribution in [1.82, 2.24) is 15.2 Å². The predicted octanol–water partition coefficient (Wildman–Crippen LogP) is 2.25. The number of likely N-dealkylation sites (N-methyl/N-ethyl adjacent to an activating group) is 1. The van der Waals surface area contributed by atoms with E-state index in [0.717, 1.165) is 24.5 Å². The Balaban J connectivity index is 1.98. The first-order valence-electron chi connectivity index (χ1n) is 7.87. The normalized spacial score (nSPS) is 15.9. The SMILES string of the molecule is CC(C)NCc1cc(F)cnc1N(C)CCN1CCCC1. The van der Waals surface area contributed by atoms with Gasteiger partial charge in [-0.2, -0.15) is 0 Å². The van der Waals surface area contributed by atoms with E-state index in [2.05, 4.69) is 33.9 Å². The largest absolute Gasteiger partial charge is 0.358 e. The lowest BCUT2D eigenvalue weighted by atomic mass is 10.2. The third kappa shape index (κ3) is 4.93. The highest BCUT2D eigenvalue weighted by atomic mass is 19.1. The maximum atomic E-state index is 13.4. The molecule has 0 bridgehead atoms. The van der Waals surface area contributed by atoms with Crippen LogP contribution in [-0.2, 0) is 6.54 Å². The molecular formula is C16H27FN4. The zero-order valence-corrected chi connectivity index (χ0v) is 13.4. The van der Waals surface area contributed by atoms with Gasteiger partial charge in [-0.05, 0) is 32.0 Å². The van der Waals surface area contributed by atoms with Crippen LogP contribution in [0.1, 0.15) is 32.3 Å². The average Bonchev–Trinajstić information content (AvgIpc) is 2.96. The van der Waals surface area contributed by atoms with E-state index < -0.39 is 0 Å². The first kappa shape index (κ1) is 16.2. The summed E-state index contributed by atoms with van der Waals surface area (Å²) in [4.78, 5) is 8.91. The van der Waals surface area contributed by atoms with E-state index in [-0.39, 0.29) is 5.82 Å². The molecule has 1 fully saturated rings. The van der Waals surface area contributed by atoms with Crippen LogP contribution in [0, 0.1) is 5.82 Å². The molecule has 1 aliphatic heterocycles. The fourth-order valence-corrected chi connectivity index (χ4v) is 2.67. The summed E-state index contributed by atoms with van der Waals surface area (Å²) in [6, 6.07) is 1.96. The Morgan fingerprint density at radius 3 is 2.76 bits per heavy atom. The molecule has 1 N–H and O–H groups in total. The zero-order valence-electron chi connectivity index (χ0n) is 13.4. The van der Waals surface area contributed by atoms with Gasteiger partial charge in [0.05, 0.1) is 6.20 Å². The van der Waals surface area contributed by atoms with Crippen LogP contribution < -0.4 is 10.2 Å². The Morgan fingerprint density at radius 1 is 1.38 bits per heavy atom. The molecule has 4 nitrogen and oxygen atoms in total.